The lowest BCUT2D eigenvalue weighted by atomic mass is 10.1. The zero-order valence-corrected chi connectivity index (χ0v) is 21.4. The number of carbonyl (C=O) groups is 1. The number of rotatable bonds is 5. The summed E-state index contributed by atoms with van der Waals surface area (Å²) in [4.78, 5) is 11.3. The van der Waals surface area contributed by atoms with Crippen molar-refractivity contribution in [2.24, 2.45) is 0 Å². The van der Waals surface area contributed by atoms with E-state index in [9.17, 15) is 22.0 Å². The van der Waals surface area contributed by atoms with Crippen LogP contribution in [0.2, 0.25) is 0 Å². The lowest BCUT2D eigenvalue weighted by Crippen LogP contribution is -2.40. The minimum Gasteiger partial charge on any atom is -0.456 e. The van der Waals surface area contributed by atoms with Crippen molar-refractivity contribution in [1.82, 2.24) is 0 Å². The van der Waals surface area contributed by atoms with E-state index >= 15 is 0 Å². The standard InChI is InChI=1S/C16H11F2I3O6S/c1-7-11(19)12(20)8(2)14(13(7)21)26-9-3-5-10(6-4-9)27-15(22)16(17,18)28(23,24)25/h3-6H,1-2H3,(H,23,24,25). The summed E-state index contributed by atoms with van der Waals surface area (Å²) in [5.74, 6) is -1.73. The number of hydrogen-bond donors (Lipinski definition) is 1. The maximum atomic E-state index is 13.2. The van der Waals surface area contributed by atoms with E-state index in [4.69, 9.17) is 9.29 Å². The van der Waals surface area contributed by atoms with Gasteiger partial charge in [0.25, 0.3) is 0 Å². The van der Waals surface area contributed by atoms with Crippen LogP contribution in [0.15, 0.2) is 24.3 Å². The minimum absolute atomic E-state index is 0.333. The van der Waals surface area contributed by atoms with Crippen LogP contribution in [0.25, 0.3) is 0 Å². The van der Waals surface area contributed by atoms with Crippen LogP contribution in [0.3, 0.4) is 0 Å². The summed E-state index contributed by atoms with van der Waals surface area (Å²) in [6, 6.07) is 5.09. The van der Waals surface area contributed by atoms with Gasteiger partial charge in [-0.1, -0.05) is 0 Å². The van der Waals surface area contributed by atoms with E-state index in [-0.39, 0.29) is 5.75 Å². The molecule has 0 unspecified atom stereocenters. The Balaban J connectivity index is 2.25. The van der Waals surface area contributed by atoms with Crippen LogP contribution in [0.4, 0.5) is 8.78 Å². The average molecular weight is 750 g/mol. The van der Waals surface area contributed by atoms with Crippen LogP contribution in [-0.4, -0.2) is 24.2 Å². The van der Waals surface area contributed by atoms with Gasteiger partial charge < -0.3 is 9.47 Å². The summed E-state index contributed by atoms with van der Waals surface area (Å²) < 4.78 is 69.3. The molecule has 1 N–H and O–H groups in total. The van der Waals surface area contributed by atoms with Crippen molar-refractivity contribution in [3.05, 3.63) is 46.1 Å². The summed E-state index contributed by atoms with van der Waals surface area (Å²) in [5.41, 5.74) is 1.99. The fourth-order valence-electron chi connectivity index (χ4n) is 1.95. The maximum absolute atomic E-state index is 13.2. The van der Waals surface area contributed by atoms with Gasteiger partial charge in [-0.2, -0.15) is 17.2 Å². The fourth-order valence-corrected chi connectivity index (χ4v) is 4.82. The Labute approximate surface area is 200 Å². The summed E-state index contributed by atoms with van der Waals surface area (Å²) in [7, 11) is -5.93. The van der Waals surface area contributed by atoms with Gasteiger partial charge in [0.1, 0.15) is 17.2 Å². The van der Waals surface area contributed by atoms with Crippen molar-refractivity contribution in [2.45, 2.75) is 19.1 Å². The summed E-state index contributed by atoms with van der Waals surface area (Å²) in [6.07, 6.45) is 0. The Hall–Kier alpha value is -0.330. The molecule has 0 aliphatic heterocycles. The van der Waals surface area contributed by atoms with Crippen LogP contribution >= 0.6 is 67.8 Å². The zero-order chi connectivity index (χ0) is 21.4. The van der Waals surface area contributed by atoms with Crippen LogP contribution in [-0.2, 0) is 14.9 Å². The molecule has 0 saturated heterocycles. The number of esters is 1. The molecular weight excluding hydrogens is 739 g/mol. The lowest BCUT2D eigenvalue weighted by molar-refractivity contribution is -0.151. The lowest BCUT2D eigenvalue weighted by Gasteiger charge is -2.16. The molecule has 0 atom stereocenters. The number of hydrogen-bond acceptors (Lipinski definition) is 5. The predicted octanol–water partition coefficient (Wildman–Crippen LogP) is 5.30. The maximum Gasteiger partial charge on any atom is 0.466 e. The van der Waals surface area contributed by atoms with Crippen LogP contribution in [0.1, 0.15) is 11.1 Å². The first-order valence-electron chi connectivity index (χ1n) is 7.26. The van der Waals surface area contributed by atoms with E-state index in [0.29, 0.717) is 11.5 Å². The molecule has 0 saturated carbocycles. The average Bonchev–Trinajstić information content (AvgIpc) is 2.62. The molecule has 0 bridgehead atoms. The normalized spacial score (nSPS) is 12.0. The van der Waals surface area contributed by atoms with Gasteiger partial charge in [-0.15, -0.1) is 0 Å². The zero-order valence-electron chi connectivity index (χ0n) is 14.1. The third kappa shape index (κ3) is 4.86. The summed E-state index contributed by atoms with van der Waals surface area (Å²) >= 11 is 6.65. The molecule has 152 valence electrons. The first-order chi connectivity index (χ1) is 12.8. The van der Waals surface area contributed by atoms with Crippen molar-refractivity contribution in [2.75, 3.05) is 0 Å². The monoisotopic (exact) mass is 750 g/mol. The molecule has 0 fully saturated rings. The SMILES string of the molecule is Cc1c(I)c(I)c(C)c(Oc2ccc(OC(=O)C(F)(F)S(=O)(=O)O)cc2)c1I. The largest absolute Gasteiger partial charge is 0.466 e. The van der Waals surface area contributed by atoms with Gasteiger partial charge in [0.05, 0.1) is 3.57 Å². The molecule has 0 heterocycles. The number of alkyl halides is 2. The van der Waals surface area contributed by atoms with Gasteiger partial charge in [-0.3, -0.25) is 4.55 Å². The predicted molar refractivity (Wildman–Crippen MR) is 123 cm³/mol. The summed E-state index contributed by atoms with van der Waals surface area (Å²) in [6.45, 7) is 3.88. The molecule has 2 aromatic carbocycles. The van der Waals surface area contributed by atoms with Crippen molar-refractivity contribution in [3.63, 3.8) is 0 Å². The second-order valence-corrected chi connectivity index (χ2v) is 10.2. The van der Waals surface area contributed by atoms with E-state index in [1.807, 2.05) is 13.8 Å². The van der Waals surface area contributed by atoms with E-state index in [2.05, 4.69) is 72.5 Å². The molecule has 2 aromatic rings. The molecule has 28 heavy (non-hydrogen) atoms. The van der Waals surface area contributed by atoms with Crippen LogP contribution < -0.4 is 9.47 Å². The van der Waals surface area contributed by atoms with Crippen molar-refractivity contribution >= 4 is 83.9 Å². The van der Waals surface area contributed by atoms with Crippen LogP contribution in [0.5, 0.6) is 17.2 Å². The Kier molecular flexibility index (Phi) is 7.53. The molecule has 12 heteroatoms. The first kappa shape index (κ1) is 23.9. The Morgan fingerprint density at radius 3 is 1.93 bits per heavy atom. The molecule has 6 nitrogen and oxygen atoms in total. The summed E-state index contributed by atoms with van der Waals surface area (Å²) in [5, 5.41) is -5.06. The van der Waals surface area contributed by atoms with Crippen molar-refractivity contribution < 1.29 is 36.0 Å². The minimum atomic E-state index is -5.93. The third-order valence-corrected chi connectivity index (χ3v) is 9.38. The van der Waals surface area contributed by atoms with E-state index in [0.717, 1.165) is 21.8 Å². The van der Waals surface area contributed by atoms with Gasteiger partial charge >= 0.3 is 21.3 Å². The molecule has 0 aromatic heterocycles. The van der Waals surface area contributed by atoms with Crippen LogP contribution in [0, 0.1) is 24.6 Å². The van der Waals surface area contributed by atoms with Crippen molar-refractivity contribution in [1.29, 1.82) is 0 Å². The number of carbonyl (C=O) groups excluding carboxylic acids is 1. The first-order valence-corrected chi connectivity index (χ1v) is 11.9. The van der Waals surface area contributed by atoms with E-state index < -0.39 is 21.3 Å². The number of benzene rings is 2. The molecule has 0 aliphatic carbocycles. The fraction of sp³-hybridized carbons (Fsp3) is 0.188. The molecule has 0 aliphatic rings. The quantitative estimate of drug-likeness (QED) is 0.147. The highest BCUT2D eigenvalue weighted by Crippen LogP contribution is 2.38. The van der Waals surface area contributed by atoms with E-state index in [1.165, 1.54) is 24.3 Å². The topological polar surface area (TPSA) is 89.9 Å². The van der Waals surface area contributed by atoms with Gasteiger partial charge in [0, 0.05) is 12.7 Å². The highest BCUT2D eigenvalue weighted by Gasteiger charge is 2.54. The highest BCUT2D eigenvalue weighted by molar-refractivity contribution is 14.1. The number of halogens is 5. The second kappa shape index (κ2) is 8.81. The van der Waals surface area contributed by atoms with E-state index in [1.54, 1.807) is 0 Å². The van der Waals surface area contributed by atoms with Gasteiger partial charge in [0.15, 0.2) is 0 Å². The van der Waals surface area contributed by atoms with Gasteiger partial charge in [0.2, 0.25) is 0 Å². The third-order valence-electron chi connectivity index (χ3n) is 3.54. The highest BCUT2D eigenvalue weighted by atomic mass is 127. The van der Waals surface area contributed by atoms with Gasteiger partial charge in [-0.05, 0) is 111 Å². The smallest absolute Gasteiger partial charge is 0.456 e. The second-order valence-electron chi connectivity index (χ2n) is 5.48. The Morgan fingerprint density at radius 2 is 1.43 bits per heavy atom. The Morgan fingerprint density at radius 1 is 0.964 bits per heavy atom. The van der Waals surface area contributed by atoms with Gasteiger partial charge in [-0.25, -0.2) is 4.79 Å². The van der Waals surface area contributed by atoms with Crippen molar-refractivity contribution in [3.8, 4) is 17.2 Å². The molecule has 0 radical (unpaired) electrons. The molecule has 2 rings (SSSR count). The molecule has 0 spiro atoms. The Bertz CT molecular complexity index is 1010. The molecule has 0 amide bonds. The number of ether oxygens (including phenoxy) is 2. The molecular formula is C16H11F2I3O6S.